The lowest BCUT2D eigenvalue weighted by atomic mass is 9.80. The van der Waals surface area contributed by atoms with Crippen molar-refractivity contribution in [2.45, 2.75) is 43.4 Å². The summed E-state index contributed by atoms with van der Waals surface area (Å²) in [6.45, 7) is 0.434. The molecule has 3 atom stereocenters. The van der Waals surface area contributed by atoms with Crippen LogP contribution in [0, 0.1) is 0 Å². The van der Waals surface area contributed by atoms with E-state index in [1.165, 1.54) is 12.2 Å². The monoisotopic (exact) mass is 551 g/mol. The lowest BCUT2D eigenvalue weighted by Crippen LogP contribution is -2.39. The molecule has 0 radical (unpaired) electrons. The summed E-state index contributed by atoms with van der Waals surface area (Å²) < 4.78 is 19.7. The zero-order valence-corrected chi connectivity index (χ0v) is 23.6. The highest BCUT2D eigenvalue weighted by Crippen LogP contribution is 2.41. The number of hydroxylamine groups is 2. The average molecular weight is 552 g/mol. The van der Waals surface area contributed by atoms with Crippen molar-refractivity contribution < 1.29 is 23.8 Å². The summed E-state index contributed by atoms with van der Waals surface area (Å²) in [7, 11) is 3.09. The highest BCUT2D eigenvalue weighted by Gasteiger charge is 2.38. The predicted octanol–water partition coefficient (Wildman–Crippen LogP) is 6.67. The molecule has 212 valence electrons. The summed E-state index contributed by atoms with van der Waals surface area (Å²) in [6, 6.07) is 40.9. The van der Waals surface area contributed by atoms with Gasteiger partial charge in [0, 0.05) is 19.0 Å². The molecule has 0 saturated carbocycles. The second-order valence-corrected chi connectivity index (χ2v) is 10.2. The van der Waals surface area contributed by atoms with Crippen LogP contribution in [0.3, 0.4) is 0 Å². The zero-order valence-electron chi connectivity index (χ0n) is 23.6. The van der Waals surface area contributed by atoms with Crippen LogP contribution in [0.15, 0.2) is 121 Å². The number of amides is 1. The molecule has 5 rings (SSSR count). The van der Waals surface area contributed by atoms with Crippen LogP contribution in [-0.4, -0.2) is 43.9 Å². The molecule has 0 N–H and O–H groups in total. The first-order valence-corrected chi connectivity index (χ1v) is 14.1. The molecule has 1 saturated heterocycles. The van der Waals surface area contributed by atoms with Gasteiger partial charge < -0.3 is 14.2 Å². The van der Waals surface area contributed by atoms with E-state index in [9.17, 15) is 4.79 Å². The molecular weight excluding hydrogens is 514 g/mol. The third-order valence-corrected chi connectivity index (χ3v) is 7.56. The van der Waals surface area contributed by atoms with Gasteiger partial charge in [0.2, 0.25) is 5.91 Å². The summed E-state index contributed by atoms with van der Waals surface area (Å²) in [4.78, 5) is 17.8. The third kappa shape index (κ3) is 6.75. The summed E-state index contributed by atoms with van der Waals surface area (Å²) in [5, 5.41) is 1.24. The molecule has 4 aromatic carbocycles. The minimum Gasteiger partial charge on any atom is -0.361 e. The van der Waals surface area contributed by atoms with Gasteiger partial charge in [0.05, 0.1) is 32.3 Å². The predicted molar refractivity (Wildman–Crippen MR) is 158 cm³/mol. The van der Waals surface area contributed by atoms with Crippen LogP contribution in [0.4, 0.5) is 0 Å². The molecular formula is C35H37NO5. The van der Waals surface area contributed by atoms with Gasteiger partial charge in [-0.05, 0) is 23.1 Å². The van der Waals surface area contributed by atoms with Gasteiger partial charge >= 0.3 is 0 Å². The van der Waals surface area contributed by atoms with Crippen molar-refractivity contribution in [3.63, 3.8) is 0 Å². The molecule has 0 aromatic heterocycles. The smallest absolute Gasteiger partial charge is 0.248 e. The molecule has 0 spiro atoms. The van der Waals surface area contributed by atoms with Crippen molar-refractivity contribution in [2.75, 3.05) is 20.8 Å². The van der Waals surface area contributed by atoms with Crippen LogP contribution >= 0.6 is 0 Å². The van der Waals surface area contributed by atoms with Gasteiger partial charge in [-0.25, -0.2) is 5.06 Å². The zero-order chi connectivity index (χ0) is 28.5. The van der Waals surface area contributed by atoms with Crippen molar-refractivity contribution in [1.29, 1.82) is 0 Å². The Balaban J connectivity index is 1.40. The number of ether oxygens (including phenoxy) is 3. The molecule has 41 heavy (non-hydrogen) atoms. The Morgan fingerprint density at radius 1 is 0.756 bits per heavy atom. The van der Waals surface area contributed by atoms with Gasteiger partial charge in [0.25, 0.3) is 0 Å². The normalized spacial score (nSPS) is 19.0. The Hall–Kier alpha value is -3.81. The number of nitrogens with zero attached hydrogens (tertiary/aromatic N) is 1. The Kier molecular flexibility index (Phi) is 9.59. The lowest BCUT2D eigenvalue weighted by molar-refractivity contribution is -0.253. The SMILES string of the molecule is CON(C)C(=O)C[C@@H]1C[C@H](CCOC(c2ccccc2)(c2ccccc2)c2ccccc2)O[C@H](c2ccccc2)O1. The minimum absolute atomic E-state index is 0.141. The van der Waals surface area contributed by atoms with Crippen molar-refractivity contribution in [3.8, 4) is 0 Å². The van der Waals surface area contributed by atoms with Gasteiger partial charge in [-0.2, -0.15) is 0 Å². The molecule has 1 fully saturated rings. The van der Waals surface area contributed by atoms with Gasteiger partial charge in [0.1, 0.15) is 5.60 Å². The minimum atomic E-state index is -0.801. The van der Waals surface area contributed by atoms with E-state index in [0.29, 0.717) is 19.4 Å². The van der Waals surface area contributed by atoms with Crippen LogP contribution in [0.1, 0.15) is 47.8 Å². The molecule has 0 unspecified atom stereocenters. The van der Waals surface area contributed by atoms with E-state index in [4.69, 9.17) is 19.0 Å². The lowest BCUT2D eigenvalue weighted by Gasteiger charge is -2.38. The van der Waals surface area contributed by atoms with E-state index in [1.54, 1.807) is 7.05 Å². The van der Waals surface area contributed by atoms with Crippen molar-refractivity contribution in [2.24, 2.45) is 0 Å². The first-order chi connectivity index (χ1) is 20.1. The number of hydrogen-bond donors (Lipinski definition) is 0. The summed E-state index contributed by atoms with van der Waals surface area (Å²) in [6.07, 6.45) is 0.362. The van der Waals surface area contributed by atoms with Gasteiger partial charge in [-0.15, -0.1) is 0 Å². The number of rotatable bonds is 11. The van der Waals surface area contributed by atoms with Crippen molar-refractivity contribution >= 4 is 5.91 Å². The molecule has 1 amide bonds. The molecule has 1 aliphatic heterocycles. The molecule has 1 aliphatic rings. The fraction of sp³-hybridized carbons (Fsp3) is 0.286. The van der Waals surface area contributed by atoms with E-state index in [0.717, 1.165) is 22.3 Å². The van der Waals surface area contributed by atoms with Crippen LogP contribution in [0.5, 0.6) is 0 Å². The number of carbonyl (C=O) groups is 1. The van der Waals surface area contributed by atoms with Gasteiger partial charge in [0.15, 0.2) is 6.29 Å². The second kappa shape index (κ2) is 13.7. The van der Waals surface area contributed by atoms with E-state index in [2.05, 4.69) is 36.4 Å². The molecule has 6 nitrogen and oxygen atoms in total. The first-order valence-electron chi connectivity index (χ1n) is 14.1. The summed E-state index contributed by atoms with van der Waals surface area (Å²) >= 11 is 0. The van der Waals surface area contributed by atoms with Crippen LogP contribution in [0.2, 0.25) is 0 Å². The Labute approximate surface area is 242 Å². The molecule has 0 bridgehead atoms. The fourth-order valence-corrected chi connectivity index (χ4v) is 5.41. The van der Waals surface area contributed by atoms with E-state index < -0.39 is 11.9 Å². The Morgan fingerprint density at radius 3 is 1.71 bits per heavy atom. The van der Waals surface area contributed by atoms with Gasteiger partial charge in [-0.1, -0.05) is 121 Å². The molecule has 6 heteroatoms. The van der Waals surface area contributed by atoms with E-state index >= 15 is 0 Å². The Bertz CT molecular complexity index is 1250. The highest BCUT2D eigenvalue weighted by atomic mass is 16.7. The molecule has 1 heterocycles. The average Bonchev–Trinajstić information content (AvgIpc) is 3.04. The molecule has 4 aromatic rings. The highest BCUT2D eigenvalue weighted by molar-refractivity contribution is 5.75. The van der Waals surface area contributed by atoms with E-state index in [1.807, 2.05) is 84.9 Å². The van der Waals surface area contributed by atoms with Crippen LogP contribution < -0.4 is 0 Å². The maximum absolute atomic E-state index is 12.7. The number of carbonyl (C=O) groups excluding carboxylic acids is 1. The quantitative estimate of drug-likeness (QED) is 0.154. The maximum Gasteiger partial charge on any atom is 0.248 e. The van der Waals surface area contributed by atoms with Crippen LogP contribution in [0.25, 0.3) is 0 Å². The molecule has 0 aliphatic carbocycles. The van der Waals surface area contributed by atoms with Crippen LogP contribution in [-0.2, 0) is 29.4 Å². The number of hydrogen-bond acceptors (Lipinski definition) is 5. The van der Waals surface area contributed by atoms with Crippen molar-refractivity contribution in [3.05, 3.63) is 144 Å². The summed E-state index contributed by atoms with van der Waals surface area (Å²) in [5.74, 6) is -0.141. The van der Waals surface area contributed by atoms with E-state index in [-0.39, 0.29) is 24.5 Å². The third-order valence-electron chi connectivity index (χ3n) is 7.56. The van der Waals surface area contributed by atoms with Crippen molar-refractivity contribution in [1.82, 2.24) is 5.06 Å². The largest absolute Gasteiger partial charge is 0.361 e. The van der Waals surface area contributed by atoms with Gasteiger partial charge in [-0.3, -0.25) is 9.63 Å². The Morgan fingerprint density at radius 2 is 1.22 bits per heavy atom. The second-order valence-electron chi connectivity index (χ2n) is 10.2. The topological polar surface area (TPSA) is 57.2 Å². The maximum atomic E-state index is 12.7. The number of benzene rings is 4. The fourth-order valence-electron chi connectivity index (χ4n) is 5.41. The standard InChI is InChI=1S/C35H37NO5/c1-36(38-2)33(37)26-32-25-31(40-34(41-32)27-15-7-3-8-16-27)23-24-39-35(28-17-9-4-10-18-28,29-19-11-5-12-20-29)30-21-13-6-14-22-30/h3-22,31-32,34H,23-26H2,1-2H3/t31-,32-,34-/m0/s1. The summed E-state index contributed by atoms with van der Waals surface area (Å²) in [5.41, 5.74) is 3.28. The first kappa shape index (κ1) is 28.7.